The number of halogens is 3. The minimum atomic E-state index is -0.295. The van der Waals surface area contributed by atoms with Gasteiger partial charge in [0.05, 0.1) is 27.7 Å². The lowest BCUT2D eigenvalue weighted by molar-refractivity contribution is 0.102. The summed E-state index contributed by atoms with van der Waals surface area (Å²) in [6.45, 7) is 0. The van der Waals surface area contributed by atoms with Gasteiger partial charge in [0.1, 0.15) is 11.3 Å². The number of fused-ring (bicyclic) bond motifs is 2. The van der Waals surface area contributed by atoms with Gasteiger partial charge in [-0.15, -0.1) is 0 Å². The zero-order valence-electron chi connectivity index (χ0n) is 17.2. The number of nitrogens with one attached hydrogen (secondary N) is 1. The van der Waals surface area contributed by atoms with E-state index in [1.165, 1.54) is 0 Å². The molecule has 164 valence electrons. The molecule has 0 aliphatic heterocycles. The molecule has 33 heavy (non-hydrogen) atoms. The quantitative estimate of drug-likeness (QED) is 0.231. The average Bonchev–Trinajstić information content (AvgIpc) is 3.23. The first-order valence-electron chi connectivity index (χ1n) is 9.87. The van der Waals surface area contributed by atoms with Crippen LogP contribution in [-0.4, -0.2) is 18.0 Å². The number of oxazole rings is 1. The van der Waals surface area contributed by atoms with Crippen LogP contribution in [0.15, 0.2) is 80.1 Å². The summed E-state index contributed by atoms with van der Waals surface area (Å²) in [6, 6.07) is 20.4. The van der Waals surface area contributed by atoms with Crippen LogP contribution < -0.4 is 10.1 Å². The van der Waals surface area contributed by atoms with Gasteiger partial charge in [-0.2, -0.15) is 0 Å². The second kappa shape index (κ2) is 8.82. The number of benzene rings is 4. The van der Waals surface area contributed by atoms with Crippen LogP contribution >= 0.6 is 43.5 Å². The fraction of sp³-hybridized carbons (Fsp3) is 0.0400. The number of hydrogen-bond donors (Lipinski definition) is 1. The lowest BCUT2D eigenvalue weighted by Gasteiger charge is -2.13. The number of rotatable bonds is 4. The van der Waals surface area contributed by atoms with E-state index in [0.717, 1.165) is 19.7 Å². The Hall–Kier alpha value is -2.87. The summed E-state index contributed by atoms with van der Waals surface area (Å²) in [6.07, 6.45) is 0. The van der Waals surface area contributed by atoms with Gasteiger partial charge in [0, 0.05) is 10.2 Å². The predicted molar refractivity (Wildman–Crippen MR) is 138 cm³/mol. The first-order chi connectivity index (χ1) is 15.9. The number of hydrogen-bond acceptors (Lipinski definition) is 4. The van der Waals surface area contributed by atoms with Crippen LogP contribution in [0.25, 0.3) is 33.3 Å². The van der Waals surface area contributed by atoms with Crippen molar-refractivity contribution in [2.24, 2.45) is 0 Å². The zero-order chi connectivity index (χ0) is 23.1. The van der Waals surface area contributed by atoms with Gasteiger partial charge in [-0.1, -0.05) is 51.8 Å². The van der Waals surface area contributed by atoms with E-state index in [-0.39, 0.29) is 5.91 Å². The highest BCUT2D eigenvalue weighted by atomic mass is 79.9. The molecule has 5 aromatic rings. The second-order valence-electron chi connectivity index (χ2n) is 7.27. The van der Waals surface area contributed by atoms with Crippen molar-refractivity contribution < 1.29 is 13.9 Å². The van der Waals surface area contributed by atoms with Crippen molar-refractivity contribution in [2.75, 3.05) is 12.4 Å². The Morgan fingerprint density at radius 3 is 2.70 bits per heavy atom. The van der Waals surface area contributed by atoms with E-state index in [4.69, 9.17) is 20.8 Å². The Balaban J connectivity index is 1.49. The molecular formula is C25H15Br2ClN2O3. The molecule has 1 aromatic heterocycles. The topological polar surface area (TPSA) is 64.4 Å². The molecule has 0 aliphatic carbocycles. The van der Waals surface area contributed by atoms with Gasteiger partial charge >= 0.3 is 0 Å². The number of aromatic nitrogens is 1. The van der Waals surface area contributed by atoms with Crippen molar-refractivity contribution in [1.29, 1.82) is 0 Å². The van der Waals surface area contributed by atoms with Crippen LogP contribution in [0.3, 0.4) is 0 Å². The molecule has 0 fully saturated rings. The normalized spacial score (nSPS) is 11.2. The van der Waals surface area contributed by atoms with Gasteiger partial charge in [0.2, 0.25) is 5.89 Å². The zero-order valence-corrected chi connectivity index (χ0v) is 21.1. The Morgan fingerprint density at radius 1 is 1.06 bits per heavy atom. The molecule has 0 spiro atoms. The summed E-state index contributed by atoms with van der Waals surface area (Å²) in [5, 5.41) is 5.36. The van der Waals surface area contributed by atoms with Crippen LogP contribution in [0.1, 0.15) is 10.4 Å². The van der Waals surface area contributed by atoms with Gasteiger partial charge in [-0.25, -0.2) is 4.98 Å². The summed E-state index contributed by atoms with van der Waals surface area (Å²) in [5.74, 6) is 0.580. The fourth-order valence-electron chi connectivity index (χ4n) is 3.63. The number of carbonyl (C=O) groups is 1. The van der Waals surface area contributed by atoms with E-state index in [1.54, 1.807) is 31.4 Å². The molecule has 1 heterocycles. The molecule has 0 radical (unpaired) electrons. The lowest BCUT2D eigenvalue weighted by atomic mass is 10.1. The predicted octanol–water partition coefficient (Wildman–Crippen LogP) is 8.09. The first kappa shape index (κ1) is 21.9. The molecule has 0 saturated carbocycles. The van der Waals surface area contributed by atoms with Crippen molar-refractivity contribution in [2.45, 2.75) is 0 Å². The molecule has 1 amide bonds. The number of amides is 1. The van der Waals surface area contributed by atoms with Gasteiger partial charge in [-0.3, -0.25) is 4.79 Å². The maximum atomic E-state index is 13.2. The highest BCUT2D eigenvalue weighted by Gasteiger charge is 2.19. The summed E-state index contributed by atoms with van der Waals surface area (Å²) in [5.41, 5.74) is 2.87. The minimum Gasteiger partial charge on any atom is -0.495 e. The molecule has 4 aromatic carbocycles. The van der Waals surface area contributed by atoms with Gasteiger partial charge in [0.15, 0.2) is 5.58 Å². The van der Waals surface area contributed by atoms with Gasteiger partial charge in [-0.05, 0) is 69.2 Å². The van der Waals surface area contributed by atoms with Crippen molar-refractivity contribution in [3.05, 3.63) is 86.3 Å². The minimum absolute atomic E-state index is 0.295. The Bertz CT molecular complexity index is 1550. The van der Waals surface area contributed by atoms with Crippen molar-refractivity contribution in [3.8, 4) is 17.2 Å². The molecule has 1 N–H and O–H groups in total. The van der Waals surface area contributed by atoms with Crippen LogP contribution in [0.2, 0.25) is 5.02 Å². The number of anilines is 1. The number of nitrogens with zero attached hydrogens (tertiary/aromatic N) is 1. The number of methoxy groups -OCH3 is 1. The van der Waals surface area contributed by atoms with E-state index in [2.05, 4.69) is 42.2 Å². The van der Waals surface area contributed by atoms with Crippen molar-refractivity contribution >= 4 is 76.9 Å². The summed E-state index contributed by atoms with van der Waals surface area (Å²) in [7, 11) is 1.54. The number of carbonyl (C=O) groups excluding carboxylic acids is 1. The molecule has 5 nitrogen and oxygen atoms in total. The van der Waals surface area contributed by atoms with Crippen molar-refractivity contribution in [1.82, 2.24) is 4.98 Å². The maximum Gasteiger partial charge on any atom is 0.259 e. The van der Waals surface area contributed by atoms with Crippen LogP contribution in [0.5, 0.6) is 5.75 Å². The van der Waals surface area contributed by atoms with E-state index in [9.17, 15) is 4.79 Å². The monoisotopic (exact) mass is 584 g/mol. The van der Waals surface area contributed by atoms with E-state index in [0.29, 0.717) is 44.6 Å². The third kappa shape index (κ3) is 4.12. The lowest BCUT2D eigenvalue weighted by Crippen LogP contribution is -2.13. The Kier molecular flexibility index (Phi) is 5.86. The van der Waals surface area contributed by atoms with E-state index >= 15 is 0 Å². The SMILES string of the molecule is COc1c(C(=O)Nc2ccc3oc(-c4cc(Br)ccc4Cl)nc3c2)cc2ccccc2c1Br. The molecule has 0 saturated heterocycles. The summed E-state index contributed by atoms with van der Waals surface area (Å²) in [4.78, 5) is 17.7. The molecular weight excluding hydrogens is 572 g/mol. The maximum absolute atomic E-state index is 13.2. The Morgan fingerprint density at radius 2 is 1.88 bits per heavy atom. The summed E-state index contributed by atoms with van der Waals surface area (Å²) >= 11 is 13.3. The van der Waals surface area contributed by atoms with Crippen LogP contribution in [0.4, 0.5) is 5.69 Å². The largest absolute Gasteiger partial charge is 0.495 e. The Labute approximate surface area is 211 Å². The van der Waals surface area contributed by atoms with Crippen molar-refractivity contribution in [3.63, 3.8) is 0 Å². The third-order valence-electron chi connectivity index (χ3n) is 5.19. The van der Waals surface area contributed by atoms with E-state index < -0.39 is 0 Å². The highest BCUT2D eigenvalue weighted by molar-refractivity contribution is 9.11. The van der Waals surface area contributed by atoms with Gasteiger partial charge in [0.25, 0.3) is 5.91 Å². The third-order valence-corrected chi connectivity index (χ3v) is 6.80. The van der Waals surface area contributed by atoms with Crippen LogP contribution in [-0.2, 0) is 0 Å². The highest BCUT2D eigenvalue weighted by Crippen LogP contribution is 2.37. The smallest absolute Gasteiger partial charge is 0.259 e. The molecule has 5 rings (SSSR count). The molecule has 8 heteroatoms. The van der Waals surface area contributed by atoms with Gasteiger partial charge < -0.3 is 14.5 Å². The molecule has 0 aliphatic rings. The fourth-order valence-corrected chi connectivity index (χ4v) is 4.93. The van der Waals surface area contributed by atoms with Crippen LogP contribution in [0, 0.1) is 0 Å². The molecule has 0 atom stereocenters. The second-order valence-corrected chi connectivity index (χ2v) is 9.39. The summed E-state index contributed by atoms with van der Waals surface area (Å²) < 4.78 is 13.0. The first-order valence-corrected chi connectivity index (χ1v) is 11.8. The molecule has 0 bridgehead atoms. The number of ether oxygens (including phenoxy) is 1. The average molecular weight is 587 g/mol. The van der Waals surface area contributed by atoms with E-state index in [1.807, 2.05) is 42.5 Å². The molecule has 0 unspecified atom stereocenters. The standard InChI is InChI=1S/C25H15Br2ClN2O3/c1-32-23-18(10-13-4-2-3-5-16(13)22(23)27)24(31)29-15-7-9-21-20(12-15)30-25(33-21)17-11-14(26)6-8-19(17)28/h2-12H,1H3,(H,29,31).